The van der Waals surface area contributed by atoms with E-state index in [-0.39, 0.29) is 18.7 Å². The van der Waals surface area contributed by atoms with Gasteiger partial charge in [-0.15, -0.1) is 0 Å². The van der Waals surface area contributed by atoms with Crippen LogP contribution >= 0.6 is 0 Å². The molecule has 4 heteroatoms. The minimum Gasteiger partial charge on any atom is -0.396 e. The van der Waals surface area contributed by atoms with Crippen molar-refractivity contribution in [1.82, 2.24) is 0 Å². The molecular formula is C21H25FO3. The topological polar surface area (TPSA) is 38.7 Å². The van der Waals surface area contributed by atoms with Crippen molar-refractivity contribution in [3.8, 4) is 11.1 Å². The molecule has 1 aliphatic rings. The lowest BCUT2D eigenvalue weighted by Crippen LogP contribution is -2.26. The largest absolute Gasteiger partial charge is 0.396 e. The number of aliphatic hydroxyl groups is 1. The van der Waals surface area contributed by atoms with Crippen LogP contribution in [-0.2, 0) is 15.9 Å². The molecule has 1 N–H and O–H groups in total. The standard InChI is InChI=1S/C21H25FO3/c1-2-3-15-13-24-21(25-14-15)18-7-4-16(5-8-18)19-9-6-17(10-11-23)20(22)12-19/h4-9,12,15,21,23H,2-3,10-11,13-14H2,1H3. The average Bonchev–Trinajstić information content (AvgIpc) is 2.65. The lowest BCUT2D eigenvalue weighted by Gasteiger charge is -2.29. The van der Waals surface area contributed by atoms with E-state index in [1.54, 1.807) is 6.07 Å². The Morgan fingerprint density at radius 2 is 1.72 bits per heavy atom. The van der Waals surface area contributed by atoms with Crippen molar-refractivity contribution < 1.29 is 19.0 Å². The van der Waals surface area contributed by atoms with Gasteiger partial charge in [0.2, 0.25) is 0 Å². The summed E-state index contributed by atoms with van der Waals surface area (Å²) in [5.41, 5.74) is 3.28. The Morgan fingerprint density at radius 3 is 2.32 bits per heavy atom. The second kappa shape index (κ2) is 8.56. The monoisotopic (exact) mass is 344 g/mol. The van der Waals surface area contributed by atoms with Crippen molar-refractivity contribution in [3.05, 3.63) is 59.4 Å². The van der Waals surface area contributed by atoms with Crippen molar-refractivity contribution in [2.75, 3.05) is 19.8 Å². The fourth-order valence-electron chi connectivity index (χ4n) is 3.19. The normalized spacial score (nSPS) is 20.6. The van der Waals surface area contributed by atoms with Crippen LogP contribution in [0.5, 0.6) is 0 Å². The Hall–Kier alpha value is -1.75. The summed E-state index contributed by atoms with van der Waals surface area (Å²) in [6, 6.07) is 13.0. The van der Waals surface area contributed by atoms with Crippen LogP contribution in [0.2, 0.25) is 0 Å². The summed E-state index contributed by atoms with van der Waals surface area (Å²) < 4.78 is 25.7. The molecule has 25 heavy (non-hydrogen) atoms. The lowest BCUT2D eigenvalue weighted by molar-refractivity contribution is -0.206. The number of hydrogen-bond acceptors (Lipinski definition) is 3. The first-order valence-corrected chi connectivity index (χ1v) is 8.94. The van der Waals surface area contributed by atoms with Crippen molar-refractivity contribution in [2.45, 2.75) is 32.5 Å². The van der Waals surface area contributed by atoms with Gasteiger partial charge < -0.3 is 14.6 Å². The first-order chi connectivity index (χ1) is 12.2. The highest BCUT2D eigenvalue weighted by Crippen LogP contribution is 2.29. The summed E-state index contributed by atoms with van der Waals surface area (Å²) in [6.07, 6.45) is 2.29. The van der Waals surface area contributed by atoms with Crippen LogP contribution in [0.15, 0.2) is 42.5 Å². The molecule has 2 aromatic rings. The highest BCUT2D eigenvalue weighted by Gasteiger charge is 2.22. The predicted octanol–water partition coefficient (Wildman–Crippen LogP) is 4.49. The summed E-state index contributed by atoms with van der Waals surface area (Å²) in [5, 5.41) is 8.94. The Kier molecular flexibility index (Phi) is 6.19. The SMILES string of the molecule is CCCC1COC(c2ccc(-c3ccc(CCO)c(F)c3)cc2)OC1. The van der Waals surface area contributed by atoms with Gasteiger partial charge in [0.1, 0.15) is 5.82 Å². The molecule has 1 heterocycles. The van der Waals surface area contributed by atoms with E-state index in [1.165, 1.54) is 6.07 Å². The zero-order valence-corrected chi connectivity index (χ0v) is 14.6. The van der Waals surface area contributed by atoms with Crippen LogP contribution < -0.4 is 0 Å². The van der Waals surface area contributed by atoms with E-state index in [1.807, 2.05) is 30.3 Å². The zero-order valence-electron chi connectivity index (χ0n) is 14.6. The van der Waals surface area contributed by atoms with Gasteiger partial charge in [0.15, 0.2) is 6.29 Å². The third-order valence-corrected chi connectivity index (χ3v) is 4.61. The molecule has 1 saturated heterocycles. The van der Waals surface area contributed by atoms with Gasteiger partial charge in [-0.2, -0.15) is 0 Å². The van der Waals surface area contributed by atoms with Crippen LogP contribution in [0.4, 0.5) is 4.39 Å². The number of ether oxygens (including phenoxy) is 2. The molecule has 0 amide bonds. The molecular weight excluding hydrogens is 319 g/mol. The molecule has 2 aromatic carbocycles. The van der Waals surface area contributed by atoms with E-state index in [4.69, 9.17) is 14.6 Å². The van der Waals surface area contributed by atoms with Gasteiger partial charge in [-0.1, -0.05) is 49.7 Å². The minimum absolute atomic E-state index is 0.0501. The van der Waals surface area contributed by atoms with Crippen LogP contribution in [0.25, 0.3) is 11.1 Å². The summed E-state index contributed by atoms with van der Waals surface area (Å²) in [4.78, 5) is 0. The molecule has 0 spiro atoms. The highest BCUT2D eigenvalue weighted by atomic mass is 19.1. The summed E-state index contributed by atoms with van der Waals surface area (Å²) in [7, 11) is 0. The van der Waals surface area contributed by atoms with Crippen LogP contribution in [0, 0.1) is 11.7 Å². The first kappa shape index (κ1) is 18.1. The molecule has 0 aromatic heterocycles. The van der Waals surface area contributed by atoms with Gasteiger partial charge in [0, 0.05) is 18.1 Å². The smallest absolute Gasteiger partial charge is 0.183 e. The van der Waals surface area contributed by atoms with Gasteiger partial charge >= 0.3 is 0 Å². The van der Waals surface area contributed by atoms with Gasteiger partial charge in [0.25, 0.3) is 0 Å². The van der Waals surface area contributed by atoms with Crippen LogP contribution in [-0.4, -0.2) is 24.9 Å². The lowest BCUT2D eigenvalue weighted by atomic mass is 10.0. The molecule has 0 atom stereocenters. The Bertz CT molecular complexity index is 676. The highest BCUT2D eigenvalue weighted by molar-refractivity contribution is 5.64. The van der Waals surface area contributed by atoms with E-state index >= 15 is 0 Å². The van der Waals surface area contributed by atoms with Crippen molar-refractivity contribution in [3.63, 3.8) is 0 Å². The molecule has 0 bridgehead atoms. The van der Waals surface area contributed by atoms with E-state index in [2.05, 4.69) is 6.92 Å². The second-order valence-electron chi connectivity index (χ2n) is 6.56. The predicted molar refractivity (Wildman–Crippen MR) is 95.7 cm³/mol. The summed E-state index contributed by atoms with van der Waals surface area (Å²) in [5.74, 6) is 0.206. The summed E-state index contributed by atoms with van der Waals surface area (Å²) >= 11 is 0. The van der Waals surface area contributed by atoms with Gasteiger partial charge in [0.05, 0.1) is 13.2 Å². The van der Waals surface area contributed by atoms with Crippen molar-refractivity contribution in [2.24, 2.45) is 5.92 Å². The number of hydrogen-bond donors (Lipinski definition) is 1. The van der Waals surface area contributed by atoms with Gasteiger partial charge in [-0.25, -0.2) is 4.39 Å². The maximum atomic E-state index is 14.0. The second-order valence-corrected chi connectivity index (χ2v) is 6.56. The number of aliphatic hydroxyl groups excluding tert-OH is 1. The molecule has 0 aliphatic carbocycles. The summed E-state index contributed by atoms with van der Waals surface area (Å²) in [6.45, 7) is 3.59. The fraction of sp³-hybridized carbons (Fsp3) is 0.429. The van der Waals surface area contributed by atoms with E-state index in [0.717, 1.165) is 42.7 Å². The maximum absolute atomic E-state index is 14.0. The van der Waals surface area contributed by atoms with Crippen molar-refractivity contribution >= 4 is 0 Å². The molecule has 0 saturated carbocycles. The van der Waals surface area contributed by atoms with Gasteiger partial charge in [-0.3, -0.25) is 0 Å². The number of benzene rings is 2. The van der Waals surface area contributed by atoms with Crippen molar-refractivity contribution in [1.29, 1.82) is 0 Å². The van der Waals surface area contributed by atoms with E-state index < -0.39 is 0 Å². The fourth-order valence-corrected chi connectivity index (χ4v) is 3.19. The first-order valence-electron chi connectivity index (χ1n) is 8.94. The molecule has 1 aliphatic heterocycles. The zero-order chi connectivity index (χ0) is 17.6. The maximum Gasteiger partial charge on any atom is 0.183 e. The molecule has 0 radical (unpaired) electrons. The molecule has 3 rings (SSSR count). The molecule has 3 nitrogen and oxygen atoms in total. The number of rotatable bonds is 6. The Labute approximate surface area is 148 Å². The van der Waals surface area contributed by atoms with Gasteiger partial charge in [-0.05, 0) is 35.6 Å². The quantitative estimate of drug-likeness (QED) is 0.839. The Morgan fingerprint density at radius 1 is 1.04 bits per heavy atom. The number of halogens is 1. The third-order valence-electron chi connectivity index (χ3n) is 4.61. The third kappa shape index (κ3) is 4.46. The van der Waals surface area contributed by atoms with E-state index in [9.17, 15) is 4.39 Å². The van der Waals surface area contributed by atoms with E-state index in [0.29, 0.717) is 17.9 Å². The molecule has 0 unspecified atom stereocenters. The Balaban J connectivity index is 1.67. The average molecular weight is 344 g/mol. The van der Waals surface area contributed by atoms with Crippen LogP contribution in [0.3, 0.4) is 0 Å². The molecule has 134 valence electrons. The van der Waals surface area contributed by atoms with Crippen LogP contribution in [0.1, 0.15) is 37.2 Å². The molecule has 1 fully saturated rings. The minimum atomic E-state index is -0.314.